The molecule has 0 radical (unpaired) electrons. The Morgan fingerprint density at radius 1 is 1.15 bits per heavy atom. The van der Waals surface area contributed by atoms with E-state index in [1.807, 2.05) is 27.7 Å². The van der Waals surface area contributed by atoms with Crippen LogP contribution in [0.2, 0.25) is 0 Å². The topological polar surface area (TPSA) is 117 Å². The van der Waals surface area contributed by atoms with Gasteiger partial charge in [-0.25, -0.2) is 13.7 Å². The second kappa shape index (κ2) is 10.2. The van der Waals surface area contributed by atoms with E-state index in [1.54, 1.807) is 0 Å². The lowest BCUT2D eigenvalue weighted by Crippen LogP contribution is -2.24. The Hall–Kier alpha value is -1.86. The van der Waals surface area contributed by atoms with E-state index in [9.17, 15) is 27.6 Å². The molecule has 0 fully saturated rings. The van der Waals surface area contributed by atoms with Crippen LogP contribution in [0.15, 0.2) is 26.8 Å². The minimum absolute atomic E-state index is 0.0307. The molecule has 1 aromatic carbocycles. The van der Waals surface area contributed by atoms with Crippen LogP contribution in [-0.2, 0) is 15.5 Å². The maximum Gasteiger partial charge on any atom is 0.387 e. The molecule has 2 atom stereocenters. The zero-order valence-electron chi connectivity index (χ0n) is 19.2. The van der Waals surface area contributed by atoms with E-state index in [1.165, 1.54) is 26.0 Å². The number of aliphatic hydroxyl groups is 2. The number of hydrogen-bond donors (Lipinski definition) is 4. The monoisotopic (exact) mass is 509 g/mol. The lowest BCUT2D eigenvalue weighted by molar-refractivity contribution is -0.0499. The fourth-order valence-electron chi connectivity index (χ4n) is 3.11. The highest BCUT2D eigenvalue weighted by molar-refractivity contribution is 7.93. The van der Waals surface area contributed by atoms with Gasteiger partial charge in [-0.3, -0.25) is 0 Å². The number of halogens is 3. The number of nitrogens with zero attached hydrogens (tertiary/aromatic N) is 1. The van der Waals surface area contributed by atoms with Crippen LogP contribution in [0.25, 0.3) is 0 Å². The minimum Gasteiger partial charge on any atom is -0.435 e. The van der Waals surface area contributed by atoms with E-state index in [2.05, 4.69) is 14.4 Å². The summed E-state index contributed by atoms with van der Waals surface area (Å²) in [4.78, 5) is 0.199. The molecule has 1 aromatic heterocycles. The predicted molar refractivity (Wildman–Crippen MR) is 123 cm³/mol. The van der Waals surface area contributed by atoms with Crippen LogP contribution in [0, 0.1) is 5.82 Å². The van der Waals surface area contributed by atoms with Crippen LogP contribution in [-0.4, -0.2) is 27.4 Å². The van der Waals surface area contributed by atoms with Gasteiger partial charge in [-0.15, -0.1) is 11.3 Å². The van der Waals surface area contributed by atoms with Crippen molar-refractivity contribution in [2.24, 2.45) is 9.50 Å². The molecule has 33 heavy (non-hydrogen) atoms. The molecular weight excluding hydrogens is 479 g/mol. The first-order valence-electron chi connectivity index (χ1n) is 10.2. The van der Waals surface area contributed by atoms with Gasteiger partial charge in [0.25, 0.3) is 0 Å². The van der Waals surface area contributed by atoms with Crippen molar-refractivity contribution in [3.8, 4) is 5.75 Å². The smallest absolute Gasteiger partial charge is 0.387 e. The van der Waals surface area contributed by atoms with Gasteiger partial charge in [0.1, 0.15) is 5.75 Å². The molecule has 0 bridgehead atoms. The molecule has 1 heterocycles. The van der Waals surface area contributed by atoms with Crippen LogP contribution >= 0.6 is 11.3 Å². The molecule has 0 amide bonds. The summed E-state index contributed by atoms with van der Waals surface area (Å²) in [6.45, 7) is 7.18. The third-order valence-corrected chi connectivity index (χ3v) is 8.12. The average molecular weight is 510 g/mol. The van der Waals surface area contributed by atoms with Crippen LogP contribution in [0.1, 0.15) is 69.4 Å². The first kappa shape index (κ1) is 27.4. The van der Waals surface area contributed by atoms with Gasteiger partial charge < -0.3 is 20.3 Å². The standard InChI is InChI=1S/C21H30F3N3O4S2/c1-10(2)13-7-12(31-19(23)24)8-14(11(3)4)17(13)26-20(28)27-33(25,30)18-15(22)9-16(32-18)21(5,6)29/h7-11,19-20,26,28-29H,1-6H3,(H2,25,27,30). The largest absolute Gasteiger partial charge is 0.435 e. The Bertz CT molecular complexity index is 1080. The van der Waals surface area contributed by atoms with Gasteiger partial charge >= 0.3 is 6.61 Å². The molecule has 7 nitrogen and oxygen atoms in total. The molecule has 2 rings (SSSR count). The van der Waals surface area contributed by atoms with Gasteiger partial charge in [0, 0.05) is 10.6 Å². The summed E-state index contributed by atoms with van der Waals surface area (Å²) in [5, 5.41) is 29.1. The maximum absolute atomic E-state index is 14.4. The van der Waals surface area contributed by atoms with Gasteiger partial charge in [0.05, 0.1) is 5.60 Å². The number of nitrogens with one attached hydrogen (secondary N) is 1. The summed E-state index contributed by atoms with van der Waals surface area (Å²) >= 11 is 0.700. The molecule has 2 aromatic rings. The molecule has 186 valence electrons. The molecule has 0 aliphatic heterocycles. The van der Waals surface area contributed by atoms with E-state index in [0.717, 1.165) is 6.07 Å². The number of rotatable bonds is 9. The van der Waals surface area contributed by atoms with Gasteiger partial charge in [0.2, 0.25) is 6.35 Å². The number of hydrogen-bond acceptors (Lipinski definition) is 7. The van der Waals surface area contributed by atoms with Crippen molar-refractivity contribution in [2.45, 2.75) is 76.2 Å². The van der Waals surface area contributed by atoms with Gasteiger partial charge in [-0.2, -0.15) is 13.1 Å². The number of alkyl halides is 2. The summed E-state index contributed by atoms with van der Waals surface area (Å²) < 4.78 is 60.7. The van der Waals surface area contributed by atoms with Gasteiger partial charge in [0.15, 0.2) is 19.9 Å². The summed E-state index contributed by atoms with van der Waals surface area (Å²) in [5.74, 6) is -1.26. The predicted octanol–water partition coefficient (Wildman–Crippen LogP) is 5.05. The Labute approximate surface area is 196 Å². The zero-order chi connectivity index (χ0) is 25.3. The van der Waals surface area contributed by atoms with Crippen molar-refractivity contribution < 1.29 is 32.3 Å². The molecule has 5 N–H and O–H groups in total. The van der Waals surface area contributed by atoms with Crippen LogP contribution in [0.3, 0.4) is 0 Å². The Morgan fingerprint density at radius 3 is 2.06 bits per heavy atom. The maximum atomic E-state index is 14.4. The summed E-state index contributed by atoms with van der Waals surface area (Å²) in [6, 6.07) is 3.87. The summed E-state index contributed by atoms with van der Waals surface area (Å²) in [7, 11) is -3.87. The first-order chi connectivity index (χ1) is 15.0. The quantitative estimate of drug-likeness (QED) is 0.353. The number of thiophene rings is 1. The second-order valence-electron chi connectivity index (χ2n) is 8.66. The zero-order valence-corrected chi connectivity index (χ0v) is 20.9. The van der Waals surface area contributed by atoms with Crippen molar-refractivity contribution in [3.05, 3.63) is 40.0 Å². The number of anilines is 1. The molecular formula is C21H30F3N3O4S2. The van der Waals surface area contributed by atoms with Crippen molar-refractivity contribution in [1.82, 2.24) is 0 Å². The van der Waals surface area contributed by atoms with Crippen molar-refractivity contribution in [3.63, 3.8) is 0 Å². The van der Waals surface area contributed by atoms with Crippen molar-refractivity contribution in [2.75, 3.05) is 5.32 Å². The second-order valence-corrected chi connectivity index (χ2v) is 11.7. The molecule has 0 saturated carbocycles. The summed E-state index contributed by atoms with van der Waals surface area (Å²) in [5.41, 5.74) is 0.135. The molecule has 12 heteroatoms. The normalized spacial score (nSPS) is 15.1. The van der Waals surface area contributed by atoms with E-state index < -0.39 is 38.5 Å². The van der Waals surface area contributed by atoms with Crippen LogP contribution in [0.4, 0.5) is 18.9 Å². The molecule has 0 aliphatic carbocycles. The lowest BCUT2D eigenvalue weighted by Gasteiger charge is -2.24. The Morgan fingerprint density at radius 2 is 1.67 bits per heavy atom. The van der Waals surface area contributed by atoms with Crippen LogP contribution < -0.4 is 15.2 Å². The number of aliphatic hydroxyl groups excluding tert-OH is 1. The minimum atomic E-state index is -3.87. The number of ether oxygens (including phenoxy) is 1. The first-order valence-corrected chi connectivity index (χ1v) is 12.6. The van der Waals surface area contributed by atoms with Gasteiger partial charge in [-0.05, 0) is 55.0 Å². The number of benzene rings is 1. The highest BCUT2D eigenvalue weighted by Crippen LogP contribution is 2.38. The lowest BCUT2D eigenvalue weighted by atomic mass is 9.92. The Balaban J connectivity index is 2.51. The van der Waals surface area contributed by atoms with E-state index >= 15 is 0 Å². The average Bonchev–Trinajstić information content (AvgIpc) is 3.04. The van der Waals surface area contributed by atoms with E-state index in [4.69, 9.17) is 5.14 Å². The van der Waals surface area contributed by atoms with Crippen LogP contribution in [0.5, 0.6) is 5.75 Å². The third kappa shape index (κ3) is 6.82. The molecule has 0 saturated heterocycles. The van der Waals surface area contributed by atoms with E-state index in [-0.39, 0.29) is 22.5 Å². The molecule has 0 spiro atoms. The SMILES string of the molecule is CC(C)c1cc(OC(F)F)cc(C(C)C)c1NC(O)N=S(N)(=O)c1sc(C(C)(C)O)cc1F. The fourth-order valence-corrected chi connectivity index (χ4v) is 5.54. The van der Waals surface area contributed by atoms with Crippen molar-refractivity contribution in [1.29, 1.82) is 0 Å². The summed E-state index contributed by atoms with van der Waals surface area (Å²) in [6.07, 6.45) is -1.80. The van der Waals surface area contributed by atoms with E-state index in [0.29, 0.717) is 28.2 Å². The highest BCUT2D eigenvalue weighted by Gasteiger charge is 2.27. The number of nitrogens with two attached hydrogens (primary N) is 1. The van der Waals surface area contributed by atoms with Crippen molar-refractivity contribution >= 4 is 26.9 Å². The highest BCUT2D eigenvalue weighted by atomic mass is 32.2. The molecule has 0 aliphatic rings. The fraction of sp³-hybridized carbons (Fsp3) is 0.524. The Kier molecular flexibility index (Phi) is 8.45. The third-order valence-electron chi connectivity index (χ3n) is 4.70. The molecule has 2 unspecified atom stereocenters. The van der Waals surface area contributed by atoms with Gasteiger partial charge in [-0.1, -0.05) is 27.7 Å².